The third kappa shape index (κ3) is 1.62. The summed E-state index contributed by atoms with van der Waals surface area (Å²) in [4.78, 5) is 2.23. The number of likely N-dealkylation sites (tertiary alicyclic amines) is 1. The fourth-order valence-electron chi connectivity index (χ4n) is 1.36. The number of likely N-dealkylation sites (N-methyl/N-ethyl adjacent to an activating group) is 1. The van der Waals surface area contributed by atoms with Gasteiger partial charge in [0, 0.05) is 5.54 Å². The molecule has 0 saturated carbocycles. The lowest BCUT2D eigenvalue weighted by Crippen LogP contribution is -2.41. The zero-order chi connectivity index (χ0) is 6.91. The first kappa shape index (κ1) is 10.2. The third-order valence-electron chi connectivity index (χ3n) is 2.47. The van der Waals surface area contributed by atoms with Crippen LogP contribution in [0.25, 0.3) is 0 Å². The van der Waals surface area contributed by atoms with Gasteiger partial charge in [-0.2, -0.15) is 0 Å². The van der Waals surface area contributed by atoms with Crippen molar-refractivity contribution in [3.63, 3.8) is 0 Å². The molecule has 0 aromatic rings. The Kier molecular flexibility index (Phi) is 3.63. The van der Waals surface area contributed by atoms with Crippen molar-refractivity contribution in [2.45, 2.75) is 25.3 Å². The summed E-state index contributed by atoms with van der Waals surface area (Å²) in [5.41, 5.74) is 0.0833. The maximum Gasteiger partial charge on any atom is 0.0612 e. The van der Waals surface area contributed by atoms with Gasteiger partial charge in [0.25, 0.3) is 0 Å². The minimum atomic E-state index is 0. The average molecular weight is 166 g/mol. The maximum atomic E-state index is 8.95. The summed E-state index contributed by atoms with van der Waals surface area (Å²) < 4.78 is 0. The van der Waals surface area contributed by atoms with Crippen molar-refractivity contribution < 1.29 is 5.11 Å². The van der Waals surface area contributed by atoms with E-state index in [-0.39, 0.29) is 17.9 Å². The van der Waals surface area contributed by atoms with Gasteiger partial charge in [-0.3, -0.25) is 4.90 Å². The van der Waals surface area contributed by atoms with Crippen molar-refractivity contribution in [3.8, 4) is 0 Å². The molecule has 3 heteroatoms. The zero-order valence-electron chi connectivity index (χ0n) is 6.63. The SMILES string of the molecule is CN1CCC[C@]1(C)CO.Cl. The Morgan fingerprint density at radius 3 is 2.40 bits per heavy atom. The molecular formula is C7H16ClNO. The second-order valence-electron chi connectivity index (χ2n) is 3.18. The molecular weight excluding hydrogens is 150 g/mol. The van der Waals surface area contributed by atoms with Crippen molar-refractivity contribution in [1.29, 1.82) is 0 Å². The lowest BCUT2D eigenvalue weighted by atomic mass is 10.0. The Morgan fingerprint density at radius 1 is 1.60 bits per heavy atom. The monoisotopic (exact) mass is 165 g/mol. The fourth-order valence-corrected chi connectivity index (χ4v) is 1.36. The van der Waals surface area contributed by atoms with E-state index < -0.39 is 0 Å². The minimum absolute atomic E-state index is 0. The molecule has 1 rings (SSSR count). The van der Waals surface area contributed by atoms with E-state index in [9.17, 15) is 0 Å². The van der Waals surface area contributed by atoms with Gasteiger partial charge in [0.05, 0.1) is 6.61 Å². The molecule has 0 aromatic heterocycles. The molecule has 0 radical (unpaired) electrons. The summed E-state index contributed by atoms with van der Waals surface area (Å²) >= 11 is 0. The summed E-state index contributed by atoms with van der Waals surface area (Å²) in [6.07, 6.45) is 2.37. The van der Waals surface area contributed by atoms with Crippen molar-refractivity contribution in [2.75, 3.05) is 20.2 Å². The number of hydrogen-bond donors (Lipinski definition) is 1. The first-order valence-electron chi connectivity index (χ1n) is 3.51. The Labute approximate surface area is 68.6 Å². The molecule has 10 heavy (non-hydrogen) atoms. The molecule has 1 aliphatic rings. The molecule has 1 fully saturated rings. The van der Waals surface area contributed by atoms with E-state index >= 15 is 0 Å². The Morgan fingerprint density at radius 2 is 2.20 bits per heavy atom. The van der Waals surface area contributed by atoms with E-state index in [4.69, 9.17) is 5.11 Å². The van der Waals surface area contributed by atoms with E-state index in [0.717, 1.165) is 13.0 Å². The molecule has 0 aliphatic carbocycles. The molecule has 62 valence electrons. The van der Waals surface area contributed by atoms with Gasteiger partial charge in [-0.1, -0.05) is 0 Å². The average Bonchev–Trinajstić information content (AvgIpc) is 2.15. The van der Waals surface area contributed by atoms with Crippen LogP contribution in [0.15, 0.2) is 0 Å². The van der Waals surface area contributed by atoms with Gasteiger partial charge in [-0.05, 0) is 33.4 Å². The second-order valence-corrected chi connectivity index (χ2v) is 3.18. The van der Waals surface area contributed by atoms with E-state index in [2.05, 4.69) is 18.9 Å². The molecule has 1 atom stereocenters. The first-order valence-corrected chi connectivity index (χ1v) is 3.51. The van der Waals surface area contributed by atoms with Gasteiger partial charge in [-0.25, -0.2) is 0 Å². The number of aliphatic hydroxyl groups is 1. The molecule has 1 saturated heterocycles. The van der Waals surface area contributed by atoms with E-state index in [0.29, 0.717) is 6.61 Å². The van der Waals surface area contributed by atoms with E-state index in [1.807, 2.05) is 0 Å². The van der Waals surface area contributed by atoms with Gasteiger partial charge in [0.2, 0.25) is 0 Å². The molecule has 0 aromatic carbocycles. The van der Waals surface area contributed by atoms with Crippen molar-refractivity contribution in [3.05, 3.63) is 0 Å². The van der Waals surface area contributed by atoms with Crippen LogP contribution in [0.5, 0.6) is 0 Å². The summed E-state index contributed by atoms with van der Waals surface area (Å²) in [6, 6.07) is 0. The highest BCUT2D eigenvalue weighted by Gasteiger charge is 2.32. The van der Waals surface area contributed by atoms with Crippen LogP contribution in [0.1, 0.15) is 19.8 Å². The zero-order valence-corrected chi connectivity index (χ0v) is 7.45. The normalized spacial score (nSPS) is 33.9. The number of rotatable bonds is 1. The molecule has 0 bridgehead atoms. The molecule has 0 amide bonds. The summed E-state index contributed by atoms with van der Waals surface area (Å²) in [7, 11) is 2.07. The van der Waals surface area contributed by atoms with Crippen molar-refractivity contribution in [2.24, 2.45) is 0 Å². The largest absolute Gasteiger partial charge is 0.394 e. The summed E-state index contributed by atoms with van der Waals surface area (Å²) in [5, 5.41) is 8.95. The van der Waals surface area contributed by atoms with E-state index in [1.165, 1.54) is 6.42 Å². The van der Waals surface area contributed by atoms with Crippen LogP contribution in [-0.4, -0.2) is 35.7 Å². The molecule has 1 aliphatic heterocycles. The van der Waals surface area contributed by atoms with Crippen LogP contribution in [-0.2, 0) is 0 Å². The van der Waals surface area contributed by atoms with Crippen molar-refractivity contribution >= 4 is 12.4 Å². The van der Waals surface area contributed by atoms with Gasteiger partial charge in [-0.15, -0.1) is 12.4 Å². The highest BCUT2D eigenvalue weighted by molar-refractivity contribution is 5.85. The van der Waals surface area contributed by atoms with Gasteiger partial charge < -0.3 is 5.11 Å². The first-order chi connectivity index (χ1) is 4.19. The van der Waals surface area contributed by atoms with Crippen LogP contribution < -0.4 is 0 Å². The molecule has 0 unspecified atom stereocenters. The molecule has 0 spiro atoms. The fraction of sp³-hybridized carbons (Fsp3) is 1.00. The maximum absolute atomic E-state index is 8.95. The minimum Gasteiger partial charge on any atom is -0.394 e. The smallest absolute Gasteiger partial charge is 0.0612 e. The number of aliphatic hydroxyl groups excluding tert-OH is 1. The Hall–Kier alpha value is 0.210. The lowest BCUT2D eigenvalue weighted by Gasteiger charge is -2.29. The van der Waals surface area contributed by atoms with Gasteiger partial charge in [0.1, 0.15) is 0 Å². The molecule has 2 nitrogen and oxygen atoms in total. The van der Waals surface area contributed by atoms with Crippen molar-refractivity contribution in [1.82, 2.24) is 4.90 Å². The lowest BCUT2D eigenvalue weighted by molar-refractivity contribution is 0.100. The predicted octanol–water partition coefficient (Wildman–Crippen LogP) is 0.885. The molecule has 1 heterocycles. The molecule has 1 N–H and O–H groups in total. The topological polar surface area (TPSA) is 23.5 Å². The van der Waals surface area contributed by atoms with Crippen LogP contribution >= 0.6 is 12.4 Å². The summed E-state index contributed by atoms with van der Waals surface area (Å²) in [6.45, 7) is 3.54. The van der Waals surface area contributed by atoms with E-state index in [1.54, 1.807) is 0 Å². The van der Waals surface area contributed by atoms with Crippen LogP contribution in [0.2, 0.25) is 0 Å². The highest BCUT2D eigenvalue weighted by atomic mass is 35.5. The van der Waals surface area contributed by atoms with Gasteiger partial charge in [0.15, 0.2) is 0 Å². The standard InChI is InChI=1S/C7H15NO.ClH/c1-7(6-9)4-3-5-8(7)2;/h9H,3-6H2,1-2H3;1H/t7-;/m1./s1. The third-order valence-corrected chi connectivity index (χ3v) is 2.47. The highest BCUT2D eigenvalue weighted by Crippen LogP contribution is 2.25. The van der Waals surface area contributed by atoms with Crippen LogP contribution in [0, 0.1) is 0 Å². The second kappa shape index (κ2) is 3.56. The Balaban J connectivity index is 0.000000810. The number of hydrogen-bond acceptors (Lipinski definition) is 2. The van der Waals surface area contributed by atoms with Gasteiger partial charge >= 0.3 is 0 Å². The predicted molar refractivity (Wildman–Crippen MR) is 44.6 cm³/mol. The van der Waals surface area contributed by atoms with Crippen LogP contribution in [0.4, 0.5) is 0 Å². The number of nitrogens with zero attached hydrogens (tertiary/aromatic N) is 1. The quantitative estimate of drug-likeness (QED) is 0.624. The van der Waals surface area contributed by atoms with Crippen LogP contribution in [0.3, 0.4) is 0 Å². The number of halogens is 1. The Bertz CT molecular complexity index is 110. The summed E-state index contributed by atoms with van der Waals surface area (Å²) in [5.74, 6) is 0.